The number of hydrogen-bond acceptors (Lipinski definition) is 10. The Balaban J connectivity index is 2.00. The first-order valence-electron chi connectivity index (χ1n) is 12.1. The van der Waals surface area contributed by atoms with Crippen LogP contribution in [0.4, 0.5) is 22.9 Å². The summed E-state index contributed by atoms with van der Waals surface area (Å²) in [6, 6.07) is 8.80. The molecule has 0 saturated carbocycles. The van der Waals surface area contributed by atoms with Crippen molar-refractivity contribution in [2.24, 2.45) is 10.2 Å². The predicted octanol–water partition coefficient (Wildman–Crippen LogP) is 5.17. The number of carbonyl (C=O) groups excluding carboxylic acids is 1. The molecule has 0 aliphatic carbocycles. The fraction of sp³-hybridized carbons (Fsp3) is 0.292. The number of unbranched alkanes of at least 4 members (excludes halogenated alkanes) is 1. The van der Waals surface area contributed by atoms with Crippen LogP contribution in [-0.4, -0.2) is 60.5 Å². The van der Waals surface area contributed by atoms with Gasteiger partial charge in [-0.2, -0.15) is 27.2 Å². The Morgan fingerprint density at radius 3 is 2.33 bits per heavy atom. The Morgan fingerprint density at radius 2 is 1.79 bits per heavy atom. The Labute approximate surface area is 252 Å². The Morgan fingerprint density at radius 1 is 1.12 bits per heavy atom. The van der Waals surface area contributed by atoms with E-state index in [9.17, 15) is 31.4 Å². The molecule has 3 N–H and O–H groups in total. The van der Waals surface area contributed by atoms with E-state index in [2.05, 4.69) is 20.6 Å². The molecule has 3 rings (SSSR count). The molecule has 1 amide bonds. The zero-order valence-corrected chi connectivity index (χ0v) is 25.3. The van der Waals surface area contributed by atoms with Crippen LogP contribution < -0.4 is 10.2 Å². The topological polar surface area (TPSA) is 207 Å². The Bertz CT molecular complexity index is 1760. The number of nitriles is 1. The second kappa shape index (κ2) is 13.6. The average Bonchev–Trinajstić information content (AvgIpc) is 3.28. The molecule has 0 aliphatic rings. The number of aromatic nitrogens is 2. The van der Waals surface area contributed by atoms with E-state index in [-0.39, 0.29) is 50.9 Å². The van der Waals surface area contributed by atoms with Crippen LogP contribution in [0.15, 0.2) is 51.7 Å². The van der Waals surface area contributed by atoms with Crippen LogP contribution in [0.1, 0.15) is 32.3 Å². The first-order chi connectivity index (χ1) is 19.6. The van der Waals surface area contributed by atoms with Crippen molar-refractivity contribution < 1.29 is 30.7 Å². The Hall–Kier alpha value is -3.59. The maximum atomic E-state index is 11.9. The molecule has 1 aromatic heterocycles. The number of halogens is 2. The number of nitrogens with one attached hydrogen (secondary N) is 1. The van der Waals surface area contributed by atoms with E-state index in [0.29, 0.717) is 30.9 Å². The number of amides is 1. The van der Waals surface area contributed by atoms with Gasteiger partial charge in [-0.05, 0) is 50.1 Å². The highest BCUT2D eigenvalue weighted by Crippen LogP contribution is 2.37. The van der Waals surface area contributed by atoms with Gasteiger partial charge in [0, 0.05) is 25.7 Å². The molecule has 18 heteroatoms. The molecule has 1 heterocycles. The fourth-order valence-corrected chi connectivity index (χ4v) is 5.71. The lowest BCUT2D eigenvalue weighted by Gasteiger charge is -2.24. The second-order valence-corrected chi connectivity index (χ2v) is 12.6. The van der Waals surface area contributed by atoms with E-state index in [1.165, 1.54) is 13.1 Å². The number of nitrogens with zero attached hydrogens (tertiary/aromatic N) is 6. The van der Waals surface area contributed by atoms with Gasteiger partial charge in [-0.25, -0.2) is 4.68 Å². The summed E-state index contributed by atoms with van der Waals surface area (Å²) in [6.45, 7) is 4.26. The maximum Gasteiger partial charge on any atom is 0.294 e. The van der Waals surface area contributed by atoms with E-state index in [1.54, 1.807) is 18.2 Å². The molecule has 0 bridgehead atoms. The molecule has 0 radical (unpaired) electrons. The number of hydrogen-bond donors (Lipinski definition) is 3. The third-order valence-electron chi connectivity index (χ3n) is 5.73. The van der Waals surface area contributed by atoms with Gasteiger partial charge in [0.15, 0.2) is 5.82 Å². The zero-order valence-electron chi connectivity index (χ0n) is 22.2. The standard InChI is InChI=1S/C24H25Cl2N7O7S2/c1-3-32(8-4-5-9-41(35,36)37)17-6-7-21(22(10-17)29-15(2)34)30-31-24-16(13-27)14-28-33(24)23-19(25)11-18(12-20(23)26)42(38,39)40/h6-7,10-12,14H,3-5,8-9H2,1-2H3,(H,29,34)(H,35,36,37)(H,38,39,40). The molecule has 3 aromatic rings. The summed E-state index contributed by atoms with van der Waals surface area (Å²) in [6.07, 6.45) is 1.93. The summed E-state index contributed by atoms with van der Waals surface area (Å²) in [5.41, 5.74) is 1.16. The highest BCUT2D eigenvalue weighted by atomic mass is 35.5. The molecule has 0 unspecified atom stereocenters. The van der Waals surface area contributed by atoms with Crippen LogP contribution in [0.25, 0.3) is 5.69 Å². The molecule has 0 atom stereocenters. The van der Waals surface area contributed by atoms with Crippen molar-refractivity contribution in [1.82, 2.24) is 9.78 Å². The van der Waals surface area contributed by atoms with Crippen LogP contribution >= 0.6 is 23.2 Å². The first-order valence-corrected chi connectivity index (χ1v) is 15.9. The van der Waals surface area contributed by atoms with Crippen molar-refractivity contribution in [3.8, 4) is 11.8 Å². The first kappa shape index (κ1) is 32.9. The monoisotopic (exact) mass is 657 g/mol. The van der Waals surface area contributed by atoms with Gasteiger partial charge in [-0.15, -0.1) is 10.2 Å². The van der Waals surface area contributed by atoms with Crippen LogP contribution in [-0.2, 0) is 25.0 Å². The minimum absolute atomic E-state index is 0.0220. The average molecular weight is 659 g/mol. The van der Waals surface area contributed by atoms with Gasteiger partial charge >= 0.3 is 0 Å². The summed E-state index contributed by atoms with van der Waals surface area (Å²) in [5, 5.41) is 24.3. The minimum Gasteiger partial charge on any atom is -0.372 e. The van der Waals surface area contributed by atoms with Crippen molar-refractivity contribution in [2.45, 2.75) is 31.6 Å². The van der Waals surface area contributed by atoms with E-state index >= 15 is 0 Å². The highest BCUT2D eigenvalue weighted by molar-refractivity contribution is 7.86. The second-order valence-electron chi connectivity index (χ2n) is 8.77. The number of benzene rings is 2. The third kappa shape index (κ3) is 8.47. The van der Waals surface area contributed by atoms with E-state index < -0.39 is 25.1 Å². The number of azo groups is 1. The molecular weight excluding hydrogens is 633 g/mol. The lowest BCUT2D eigenvalue weighted by Crippen LogP contribution is -2.24. The van der Waals surface area contributed by atoms with Crippen molar-refractivity contribution in [3.63, 3.8) is 0 Å². The molecular formula is C24H25Cl2N7O7S2. The summed E-state index contributed by atoms with van der Waals surface area (Å²) < 4.78 is 64.4. The molecule has 2 aromatic carbocycles. The Kier molecular flexibility index (Phi) is 10.7. The van der Waals surface area contributed by atoms with Crippen LogP contribution in [0, 0.1) is 11.3 Å². The van der Waals surface area contributed by atoms with E-state index in [0.717, 1.165) is 16.8 Å². The van der Waals surface area contributed by atoms with Crippen LogP contribution in [0.5, 0.6) is 0 Å². The summed E-state index contributed by atoms with van der Waals surface area (Å²) in [5.74, 6) is -0.837. The largest absolute Gasteiger partial charge is 0.372 e. The highest BCUT2D eigenvalue weighted by Gasteiger charge is 2.21. The molecule has 0 saturated heterocycles. The lowest BCUT2D eigenvalue weighted by molar-refractivity contribution is -0.114. The van der Waals surface area contributed by atoms with Crippen molar-refractivity contribution in [1.29, 1.82) is 5.26 Å². The van der Waals surface area contributed by atoms with Gasteiger partial charge < -0.3 is 10.2 Å². The fourth-order valence-electron chi connectivity index (χ4n) is 3.83. The van der Waals surface area contributed by atoms with Gasteiger partial charge in [0.25, 0.3) is 20.2 Å². The number of carbonyl (C=O) groups is 1. The van der Waals surface area contributed by atoms with Crippen molar-refractivity contribution in [3.05, 3.63) is 52.1 Å². The van der Waals surface area contributed by atoms with Crippen LogP contribution in [0.2, 0.25) is 10.0 Å². The van der Waals surface area contributed by atoms with Gasteiger partial charge in [-0.3, -0.25) is 13.9 Å². The summed E-state index contributed by atoms with van der Waals surface area (Å²) >= 11 is 12.5. The molecule has 224 valence electrons. The summed E-state index contributed by atoms with van der Waals surface area (Å²) in [7, 11) is -8.65. The van der Waals surface area contributed by atoms with Crippen molar-refractivity contribution >= 4 is 72.2 Å². The zero-order chi connectivity index (χ0) is 31.2. The molecule has 42 heavy (non-hydrogen) atoms. The van der Waals surface area contributed by atoms with Gasteiger partial charge in [-0.1, -0.05) is 23.2 Å². The molecule has 0 fully saturated rings. The predicted molar refractivity (Wildman–Crippen MR) is 157 cm³/mol. The number of rotatable bonds is 12. The summed E-state index contributed by atoms with van der Waals surface area (Å²) in [4.78, 5) is 13.3. The molecule has 0 aliphatic heterocycles. The number of anilines is 2. The quantitative estimate of drug-likeness (QED) is 0.132. The van der Waals surface area contributed by atoms with E-state index in [4.69, 9.17) is 27.8 Å². The van der Waals surface area contributed by atoms with Gasteiger partial charge in [0.2, 0.25) is 5.91 Å². The van der Waals surface area contributed by atoms with Gasteiger partial charge in [0.05, 0.1) is 32.6 Å². The molecule has 0 spiro atoms. The smallest absolute Gasteiger partial charge is 0.294 e. The van der Waals surface area contributed by atoms with Crippen molar-refractivity contribution in [2.75, 3.05) is 29.1 Å². The minimum atomic E-state index is -4.61. The van der Waals surface area contributed by atoms with Crippen LogP contribution in [0.3, 0.4) is 0 Å². The van der Waals surface area contributed by atoms with Gasteiger partial charge in [0.1, 0.15) is 23.0 Å². The SMILES string of the molecule is CCN(CCCCS(=O)(=O)O)c1ccc(N=Nc2c(C#N)cnn2-c2c(Cl)cc(S(=O)(=O)O)cc2Cl)c(NC(C)=O)c1. The maximum absolute atomic E-state index is 11.9. The third-order valence-corrected chi connectivity index (χ3v) is 7.95. The van der Waals surface area contributed by atoms with E-state index in [1.807, 2.05) is 17.9 Å². The normalized spacial score (nSPS) is 11.9. The lowest BCUT2D eigenvalue weighted by atomic mass is 10.2. The molecule has 14 nitrogen and oxygen atoms in total.